The van der Waals surface area contributed by atoms with Crippen molar-refractivity contribution < 1.29 is 9.53 Å². The molecular formula is C9H9N3O2. The summed E-state index contributed by atoms with van der Waals surface area (Å²) in [6.45, 7) is 3.19. The summed E-state index contributed by atoms with van der Waals surface area (Å²) in [5.41, 5.74) is 1.40. The topological polar surface area (TPSA) is 67.9 Å². The van der Waals surface area contributed by atoms with Crippen molar-refractivity contribution in [3.63, 3.8) is 0 Å². The number of hydrogen-bond donors (Lipinski definition) is 1. The molecule has 2 aromatic rings. The molecule has 0 bridgehead atoms. The van der Waals surface area contributed by atoms with Gasteiger partial charge in [0, 0.05) is 18.7 Å². The van der Waals surface area contributed by atoms with Gasteiger partial charge in [-0.3, -0.25) is 9.89 Å². The lowest BCUT2D eigenvalue weighted by Crippen LogP contribution is -2.02. The van der Waals surface area contributed by atoms with Crippen LogP contribution in [0.1, 0.15) is 12.6 Å². The summed E-state index contributed by atoms with van der Waals surface area (Å²) in [5.74, 6) is 0.145. The van der Waals surface area contributed by atoms with Gasteiger partial charge in [0.1, 0.15) is 5.75 Å². The predicted octanol–water partition coefficient (Wildman–Crippen LogP) is 1.19. The highest BCUT2D eigenvalue weighted by Gasteiger charge is 2.08. The van der Waals surface area contributed by atoms with E-state index in [-0.39, 0.29) is 5.97 Å². The first kappa shape index (κ1) is 8.68. The largest absolute Gasteiger partial charge is 0.426 e. The van der Waals surface area contributed by atoms with E-state index in [0.29, 0.717) is 16.8 Å². The van der Waals surface area contributed by atoms with E-state index >= 15 is 0 Å². The Balaban J connectivity index is 2.60. The molecule has 2 heterocycles. The quantitative estimate of drug-likeness (QED) is 0.687. The number of aryl methyl sites for hydroxylation is 1. The van der Waals surface area contributed by atoms with E-state index in [0.717, 1.165) is 5.69 Å². The van der Waals surface area contributed by atoms with Crippen molar-refractivity contribution in [3.8, 4) is 5.75 Å². The number of ether oxygens (including phenoxy) is 1. The maximum Gasteiger partial charge on any atom is 0.308 e. The van der Waals surface area contributed by atoms with E-state index in [9.17, 15) is 4.79 Å². The molecule has 0 aliphatic heterocycles. The maximum atomic E-state index is 10.8. The number of fused-ring (bicyclic) bond motifs is 1. The van der Waals surface area contributed by atoms with Crippen molar-refractivity contribution in [2.24, 2.45) is 0 Å². The second-order valence-corrected chi connectivity index (χ2v) is 2.99. The van der Waals surface area contributed by atoms with Crippen molar-refractivity contribution in [1.82, 2.24) is 15.2 Å². The van der Waals surface area contributed by atoms with Gasteiger partial charge in [0.15, 0.2) is 5.65 Å². The average molecular weight is 191 g/mol. The van der Waals surface area contributed by atoms with Crippen LogP contribution in [0.2, 0.25) is 0 Å². The third kappa shape index (κ3) is 1.44. The number of rotatable bonds is 1. The Morgan fingerprint density at radius 1 is 1.57 bits per heavy atom. The lowest BCUT2D eigenvalue weighted by atomic mass is 10.3. The Morgan fingerprint density at radius 3 is 3.07 bits per heavy atom. The number of nitrogens with one attached hydrogen (secondary N) is 1. The summed E-state index contributed by atoms with van der Waals surface area (Å²) in [6.07, 6.45) is 1.58. The van der Waals surface area contributed by atoms with Crippen LogP contribution in [-0.2, 0) is 4.79 Å². The van der Waals surface area contributed by atoms with Crippen molar-refractivity contribution >= 4 is 17.0 Å². The first-order chi connectivity index (χ1) is 6.66. The van der Waals surface area contributed by atoms with E-state index in [4.69, 9.17) is 4.74 Å². The van der Waals surface area contributed by atoms with Gasteiger partial charge < -0.3 is 4.74 Å². The van der Waals surface area contributed by atoms with Crippen LogP contribution < -0.4 is 4.74 Å². The molecule has 2 aromatic heterocycles. The monoisotopic (exact) mass is 191 g/mol. The van der Waals surface area contributed by atoms with Gasteiger partial charge in [-0.05, 0) is 6.92 Å². The van der Waals surface area contributed by atoms with Crippen molar-refractivity contribution in [1.29, 1.82) is 0 Å². The maximum absolute atomic E-state index is 10.8. The summed E-state index contributed by atoms with van der Waals surface area (Å²) >= 11 is 0. The fraction of sp³-hybridized carbons (Fsp3) is 0.222. The summed E-state index contributed by atoms with van der Waals surface area (Å²) in [5, 5.41) is 7.27. The number of aromatic nitrogens is 3. The molecule has 0 unspecified atom stereocenters. The summed E-state index contributed by atoms with van der Waals surface area (Å²) in [7, 11) is 0. The molecule has 14 heavy (non-hydrogen) atoms. The third-order valence-electron chi connectivity index (χ3n) is 1.77. The zero-order chi connectivity index (χ0) is 10.1. The third-order valence-corrected chi connectivity index (χ3v) is 1.77. The first-order valence-corrected chi connectivity index (χ1v) is 4.16. The van der Waals surface area contributed by atoms with Crippen LogP contribution in [0, 0.1) is 6.92 Å². The average Bonchev–Trinajstić information content (AvgIpc) is 2.50. The second kappa shape index (κ2) is 3.10. The number of esters is 1. The van der Waals surface area contributed by atoms with E-state index in [1.54, 1.807) is 12.3 Å². The Labute approximate surface area is 80.1 Å². The number of hydrogen-bond acceptors (Lipinski definition) is 4. The van der Waals surface area contributed by atoms with Crippen molar-refractivity contribution in [2.45, 2.75) is 13.8 Å². The highest BCUT2D eigenvalue weighted by atomic mass is 16.5. The number of aromatic amines is 1. The minimum absolute atomic E-state index is 0.349. The molecule has 72 valence electrons. The smallest absolute Gasteiger partial charge is 0.308 e. The number of carbonyl (C=O) groups excluding carboxylic acids is 1. The molecule has 5 nitrogen and oxygen atoms in total. The first-order valence-electron chi connectivity index (χ1n) is 4.16. The van der Waals surface area contributed by atoms with Gasteiger partial charge in [0.2, 0.25) is 0 Å². The van der Waals surface area contributed by atoms with Gasteiger partial charge in [-0.15, -0.1) is 0 Å². The van der Waals surface area contributed by atoms with E-state index in [2.05, 4.69) is 15.2 Å². The SMILES string of the molecule is CC(=O)Oc1cc(C)nc2[nH]ncc12. The van der Waals surface area contributed by atoms with Crippen LogP contribution in [-0.4, -0.2) is 21.2 Å². The number of carbonyl (C=O) groups is 1. The van der Waals surface area contributed by atoms with E-state index in [1.165, 1.54) is 6.92 Å². The minimum Gasteiger partial charge on any atom is -0.426 e. The molecule has 0 fully saturated rings. The standard InChI is InChI=1S/C9H9N3O2/c1-5-3-8(14-6(2)13)7-4-10-12-9(7)11-5/h3-4H,1-2H3,(H,10,11,12). The lowest BCUT2D eigenvalue weighted by molar-refractivity contribution is -0.131. The van der Waals surface area contributed by atoms with Crippen LogP contribution in [0.15, 0.2) is 12.3 Å². The van der Waals surface area contributed by atoms with Crippen LogP contribution >= 0.6 is 0 Å². The highest BCUT2D eigenvalue weighted by molar-refractivity contribution is 5.84. The zero-order valence-electron chi connectivity index (χ0n) is 7.87. The number of nitrogens with zero attached hydrogens (tertiary/aromatic N) is 2. The van der Waals surface area contributed by atoms with E-state index < -0.39 is 0 Å². The van der Waals surface area contributed by atoms with Gasteiger partial charge in [0.25, 0.3) is 0 Å². The Bertz CT molecular complexity index is 490. The molecule has 0 spiro atoms. The summed E-state index contributed by atoms with van der Waals surface area (Å²) in [6, 6.07) is 1.71. The van der Waals surface area contributed by atoms with Crippen molar-refractivity contribution in [2.75, 3.05) is 0 Å². The molecule has 0 saturated carbocycles. The fourth-order valence-electron chi connectivity index (χ4n) is 1.26. The minimum atomic E-state index is -0.349. The van der Waals surface area contributed by atoms with Gasteiger partial charge in [-0.25, -0.2) is 4.98 Å². The molecular weight excluding hydrogens is 182 g/mol. The lowest BCUT2D eigenvalue weighted by Gasteiger charge is -2.02. The fourth-order valence-corrected chi connectivity index (χ4v) is 1.26. The Morgan fingerprint density at radius 2 is 2.36 bits per heavy atom. The normalized spacial score (nSPS) is 10.4. The number of pyridine rings is 1. The van der Waals surface area contributed by atoms with Gasteiger partial charge in [-0.1, -0.05) is 0 Å². The van der Waals surface area contributed by atoms with E-state index in [1.807, 2.05) is 6.92 Å². The van der Waals surface area contributed by atoms with Crippen LogP contribution in [0.5, 0.6) is 5.75 Å². The predicted molar refractivity (Wildman–Crippen MR) is 49.9 cm³/mol. The highest BCUT2D eigenvalue weighted by Crippen LogP contribution is 2.23. The van der Waals surface area contributed by atoms with Gasteiger partial charge in [-0.2, -0.15) is 5.10 Å². The molecule has 0 radical (unpaired) electrons. The molecule has 0 atom stereocenters. The number of H-pyrrole nitrogens is 1. The van der Waals surface area contributed by atoms with Crippen LogP contribution in [0.4, 0.5) is 0 Å². The van der Waals surface area contributed by atoms with Gasteiger partial charge in [0.05, 0.1) is 11.6 Å². The molecule has 0 saturated heterocycles. The summed E-state index contributed by atoms with van der Waals surface area (Å²) in [4.78, 5) is 15.0. The molecule has 0 aliphatic rings. The van der Waals surface area contributed by atoms with Gasteiger partial charge >= 0.3 is 5.97 Å². The van der Waals surface area contributed by atoms with Crippen molar-refractivity contribution in [3.05, 3.63) is 18.0 Å². The zero-order valence-corrected chi connectivity index (χ0v) is 7.87. The van der Waals surface area contributed by atoms with Crippen LogP contribution in [0.25, 0.3) is 11.0 Å². The second-order valence-electron chi connectivity index (χ2n) is 2.99. The summed E-state index contributed by atoms with van der Waals surface area (Å²) < 4.78 is 5.03. The molecule has 0 aromatic carbocycles. The molecule has 5 heteroatoms. The Hall–Kier alpha value is -1.91. The van der Waals surface area contributed by atoms with Crippen LogP contribution in [0.3, 0.4) is 0 Å². The molecule has 1 N–H and O–H groups in total. The Kier molecular flexibility index (Phi) is 1.92. The molecule has 0 aliphatic carbocycles. The molecule has 2 rings (SSSR count). The molecule has 0 amide bonds.